The van der Waals surface area contributed by atoms with Gasteiger partial charge in [0, 0.05) is 79.3 Å². The number of aliphatic hydroxyl groups is 1. The summed E-state index contributed by atoms with van der Waals surface area (Å²) in [6.07, 6.45) is 10.8. The van der Waals surface area contributed by atoms with Crippen molar-refractivity contribution in [1.82, 2.24) is 0 Å². The zero-order chi connectivity index (χ0) is 21.8. The number of rotatable bonds is 14. The summed E-state index contributed by atoms with van der Waals surface area (Å²) in [5.41, 5.74) is 2.03. The van der Waals surface area contributed by atoms with Crippen molar-refractivity contribution in [3.8, 4) is 0 Å². The molecule has 1 unspecified atom stereocenters. The van der Waals surface area contributed by atoms with E-state index in [1.54, 1.807) is 13.2 Å². The molecule has 1 aliphatic rings. The molecule has 0 spiro atoms. The molecule has 0 amide bonds. The van der Waals surface area contributed by atoms with E-state index in [4.69, 9.17) is 10.5 Å². The molecule has 4 nitrogen and oxygen atoms in total. The molecule has 6 heteroatoms. The number of hydrogen-bond acceptors (Lipinski definition) is 4. The second kappa shape index (κ2) is 16.1. The molecular formula is C24H37AcO4P. The van der Waals surface area contributed by atoms with Gasteiger partial charge in [0.25, 0.3) is 0 Å². The molecule has 5 atom stereocenters. The maximum Gasteiger partial charge on any atom is 0.159 e. The van der Waals surface area contributed by atoms with Crippen LogP contribution in [0.3, 0.4) is 0 Å². The number of ketones is 1. The number of carbonyl (C=O) groups is 1. The van der Waals surface area contributed by atoms with Gasteiger partial charge in [0.15, 0.2) is 5.78 Å². The summed E-state index contributed by atoms with van der Waals surface area (Å²) in [7, 11) is 1.30. The number of unbranched alkanes of at least 4 members (excludes halogenated alkanes) is 4. The molecule has 1 saturated carbocycles. The molecule has 1 aliphatic carbocycles. The second-order valence-electron chi connectivity index (χ2n) is 8.16. The number of allylic oxidation sites excluding steroid dienone is 1. The summed E-state index contributed by atoms with van der Waals surface area (Å²) in [4.78, 5) is 12.6. The number of benzene rings is 1. The Bertz CT molecular complexity index is 673. The van der Waals surface area contributed by atoms with Crippen LogP contribution in [-0.4, -0.2) is 31.5 Å². The second-order valence-corrected chi connectivity index (χ2v) is 8.39. The molecule has 1 radical (unpaired) electrons. The SMILES string of the molecule is [3H]PO[C@@H]1C[C@H](O)[C@H](CCCCCCC)[C@H]1/C=C/C(=O)Cc1cccc(COC)c1.[Ac]. The molecule has 2 rings (SSSR count). The maximum absolute atomic E-state index is 12.6. The number of hydrogen-bond donors (Lipinski definition) is 1. The summed E-state index contributed by atoms with van der Waals surface area (Å²) in [6, 6.07) is 7.89. The van der Waals surface area contributed by atoms with Gasteiger partial charge in [0.05, 0.1) is 20.1 Å². The smallest absolute Gasteiger partial charge is 0.159 e. The van der Waals surface area contributed by atoms with Crippen LogP contribution < -0.4 is 0 Å². The monoisotopic (exact) mass is 649 g/mol. The average molecular weight is 650 g/mol. The first-order valence-electron chi connectivity index (χ1n) is 11.4. The van der Waals surface area contributed by atoms with Gasteiger partial charge in [-0.05, 0) is 29.5 Å². The van der Waals surface area contributed by atoms with E-state index >= 15 is 0 Å². The molecule has 0 bridgehead atoms. The van der Waals surface area contributed by atoms with Gasteiger partial charge in [-0.2, -0.15) is 0 Å². The van der Waals surface area contributed by atoms with Crippen LogP contribution in [0.15, 0.2) is 36.4 Å². The van der Waals surface area contributed by atoms with Crippen LogP contribution in [0.1, 0.15) is 63.0 Å². The molecule has 0 aromatic heterocycles. The van der Waals surface area contributed by atoms with Gasteiger partial charge in [-0.25, -0.2) is 0 Å². The van der Waals surface area contributed by atoms with Crippen molar-refractivity contribution in [3.05, 3.63) is 47.5 Å². The van der Waals surface area contributed by atoms with Crippen molar-refractivity contribution < 1.29 is 63.2 Å². The van der Waals surface area contributed by atoms with E-state index in [0.717, 1.165) is 24.0 Å². The standard InChI is InChI=1S/C24H37O4P.Ac/c1-3-4-5-6-7-11-21-22(24(28-29)16-23(21)26)13-12-20(25)15-18-9-8-10-19(14-18)17-27-2;/h8-10,12-14,21-24,26H,3-7,11,15-17,29H2,1-2H3;/b13-12+;/t21-,22-,23+,24-;/m1./s1/i29T;/t21-,22-,23+,24-,29?;. The van der Waals surface area contributed by atoms with Gasteiger partial charge in [0.2, 0.25) is 0 Å². The summed E-state index contributed by atoms with van der Waals surface area (Å²) >= 11 is 0. The molecule has 0 saturated heterocycles. The van der Waals surface area contributed by atoms with Crippen molar-refractivity contribution in [1.29, 1.82) is 1.28 Å². The Balaban J connectivity index is 0.00000480. The average Bonchev–Trinajstić information content (AvgIpc) is 3.01. The molecule has 1 N–H and O–H groups in total. The fourth-order valence-corrected chi connectivity index (χ4v) is 4.59. The van der Waals surface area contributed by atoms with E-state index in [-0.39, 0.29) is 77.2 Å². The van der Waals surface area contributed by atoms with Crippen LogP contribution in [0.25, 0.3) is 0 Å². The Hall–Kier alpha value is 0.382. The third kappa shape index (κ3) is 9.48. The van der Waals surface area contributed by atoms with E-state index in [1.165, 1.54) is 25.7 Å². The Morgan fingerprint density at radius 1 is 1.30 bits per heavy atom. The van der Waals surface area contributed by atoms with Gasteiger partial charge in [-0.15, -0.1) is 0 Å². The zero-order valence-corrected chi connectivity index (χ0v) is 24.1. The predicted octanol–water partition coefficient (Wildman–Crippen LogP) is 5.03. The predicted molar refractivity (Wildman–Crippen MR) is 121 cm³/mol. The quantitative estimate of drug-likeness (QED) is 0.175. The largest absolute Gasteiger partial charge is 0.393 e. The third-order valence-corrected chi connectivity index (χ3v) is 6.17. The van der Waals surface area contributed by atoms with Crippen LogP contribution in [0, 0.1) is 55.9 Å². The molecule has 0 heterocycles. The van der Waals surface area contributed by atoms with Gasteiger partial charge in [0.1, 0.15) is 0 Å². The molecule has 165 valence electrons. The summed E-state index contributed by atoms with van der Waals surface area (Å²) in [5.74, 6) is 0.134. The van der Waals surface area contributed by atoms with Gasteiger partial charge in [-0.3, -0.25) is 4.79 Å². The van der Waals surface area contributed by atoms with Crippen LogP contribution in [0.5, 0.6) is 0 Å². The first-order chi connectivity index (χ1) is 14.6. The number of methoxy groups -OCH3 is 1. The van der Waals surface area contributed by atoms with E-state index in [9.17, 15) is 9.90 Å². The van der Waals surface area contributed by atoms with Crippen molar-refractivity contribution in [2.45, 2.75) is 77.1 Å². The van der Waals surface area contributed by atoms with E-state index in [1.807, 2.05) is 30.3 Å². The third-order valence-electron chi connectivity index (χ3n) is 5.87. The Labute approximate surface area is 221 Å². The summed E-state index contributed by atoms with van der Waals surface area (Å²) in [5, 5.41) is 10.6. The molecular weight excluding hydrogens is 610 g/mol. The number of carbonyl (C=O) groups excluding carboxylic acids is 1. The summed E-state index contributed by atoms with van der Waals surface area (Å²) < 4.78 is 18.2. The molecule has 0 aliphatic heterocycles. The van der Waals surface area contributed by atoms with E-state index in [0.29, 0.717) is 19.4 Å². The van der Waals surface area contributed by atoms with Crippen LogP contribution in [-0.2, 0) is 27.1 Å². The minimum atomic E-state index is -0.423. The molecule has 1 aromatic carbocycles. The first kappa shape index (κ1) is 26.6. The van der Waals surface area contributed by atoms with Crippen molar-refractivity contribution in [3.63, 3.8) is 0 Å². The topological polar surface area (TPSA) is 55.8 Å². The van der Waals surface area contributed by atoms with Crippen molar-refractivity contribution >= 4 is 15.2 Å². The maximum atomic E-state index is 12.6. The molecule has 1 aromatic rings. The van der Waals surface area contributed by atoms with Crippen LogP contribution >= 0.6 is 9.41 Å². The summed E-state index contributed by atoms with van der Waals surface area (Å²) in [6.45, 7) is 2.74. The zero-order valence-electron chi connectivity index (χ0n) is 19.4. The molecule has 30 heavy (non-hydrogen) atoms. The van der Waals surface area contributed by atoms with E-state index < -0.39 is 6.10 Å². The molecule has 1 fully saturated rings. The van der Waals surface area contributed by atoms with Crippen LogP contribution in [0.4, 0.5) is 0 Å². The Morgan fingerprint density at radius 3 is 2.80 bits per heavy atom. The van der Waals surface area contributed by atoms with Crippen molar-refractivity contribution in [2.24, 2.45) is 11.8 Å². The fraction of sp³-hybridized carbons (Fsp3) is 0.625. The van der Waals surface area contributed by atoms with Gasteiger partial charge in [-0.1, -0.05) is 69.4 Å². The number of ether oxygens (including phenoxy) is 1. The Kier molecular flexibility index (Phi) is 14.3. The first-order valence-corrected chi connectivity index (χ1v) is 11.3. The Morgan fingerprint density at radius 2 is 2.07 bits per heavy atom. The van der Waals surface area contributed by atoms with Gasteiger partial charge < -0.3 is 14.4 Å². The number of aliphatic hydroxyl groups excluding tert-OH is 1. The fourth-order valence-electron chi connectivity index (χ4n) is 4.34. The van der Waals surface area contributed by atoms with Crippen molar-refractivity contribution in [2.75, 3.05) is 7.11 Å². The van der Waals surface area contributed by atoms with Crippen LogP contribution in [0.2, 0.25) is 0 Å². The van der Waals surface area contributed by atoms with Gasteiger partial charge >= 0.3 is 0 Å². The normalized spacial score (nSPS) is 24.4. The minimum absolute atomic E-state index is 0. The van der Waals surface area contributed by atoms with E-state index in [2.05, 4.69) is 6.92 Å². The minimum Gasteiger partial charge on any atom is -0.393 e.